The number of anilines is 1. The molecule has 0 radical (unpaired) electrons. The second-order valence-corrected chi connectivity index (χ2v) is 8.80. The van der Waals surface area contributed by atoms with Crippen molar-refractivity contribution in [2.75, 3.05) is 4.72 Å². The summed E-state index contributed by atoms with van der Waals surface area (Å²) in [7, 11) is -4.45. The van der Waals surface area contributed by atoms with E-state index >= 15 is 0 Å². The number of amides is 1. The van der Waals surface area contributed by atoms with Crippen molar-refractivity contribution in [2.24, 2.45) is 22.4 Å². The zero-order valence-electron chi connectivity index (χ0n) is 17.3. The van der Waals surface area contributed by atoms with Crippen molar-refractivity contribution >= 4 is 44.9 Å². The lowest BCUT2D eigenvalue weighted by Gasteiger charge is -2.24. The molecule has 0 bridgehead atoms. The van der Waals surface area contributed by atoms with E-state index in [1.54, 1.807) is 0 Å². The first kappa shape index (κ1) is 25.4. The average molecular weight is 502 g/mol. The molecule has 2 aromatic rings. The SMILES string of the molecule is Cc1ccc(NS(=O)(=O)c2ccc(Cl)c([N+](=O)[O-])c2)c(=O)n1C(C(N)=O)C(C)ON=C(N)N. The fourth-order valence-electron chi connectivity index (χ4n) is 2.84. The Balaban J connectivity index is 2.54. The molecule has 0 fully saturated rings. The van der Waals surface area contributed by atoms with E-state index in [4.69, 9.17) is 33.6 Å². The predicted molar refractivity (Wildman–Crippen MR) is 119 cm³/mol. The number of pyridine rings is 1. The van der Waals surface area contributed by atoms with Crippen LogP contribution in [0, 0.1) is 17.0 Å². The van der Waals surface area contributed by atoms with Crippen LogP contribution >= 0.6 is 11.6 Å². The maximum Gasteiger partial charge on any atom is 0.289 e. The van der Waals surface area contributed by atoms with Gasteiger partial charge in [0.25, 0.3) is 21.3 Å². The standard InChI is InChI=1S/C17H20ClN7O7S/c1-8-3-6-12(16(27)24(8)14(15(19)26)9(2)32-22-17(20)21)23-33(30,31)10-4-5-11(18)13(7-10)25(28)29/h3-7,9,14,23H,1-2H3,(H2,19,26)(H4,20,21,22). The van der Waals surface area contributed by atoms with Crippen LogP contribution in [0.2, 0.25) is 5.02 Å². The summed E-state index contributed by atoms with van der Waals surface area (Å²) in [4.78, 5) is 39.9. The van der Waals surface area contributed by atoms with E-state index in [9.17, 15) is 28.1 Å². The van der Waals surface area contributed by atoms with Gasteiger partial charge in [-0.1, -0.05) is 11.6 Å². The third-order valence-electron chi connectivity index (χ3n) is 4.33. The number of aryl methyl sites for hydroxylation is 1. The fourth-order valence-corrected chi connectivity index (χ4v) is 4.11. The molecule has 2 atom stereocenters. The molecule has 1 aromatic heterocycles. The van der Waals surface area contributed by atoms with Crippen molar-refractivity contribution in [1.29, 1.82) is 0 Å². The van der Waals surface area contributed by atoms with Gasteiger partial charge in [0.05, 0.1) is 9.82 Å². The van der Waals surface area contributed by atoms with Gasteiger partial charge in [-0.2, -0.15) is 0 Å². The molecule has 0 spiro atoms. The summed E-state index contributed by atoms with van der Waals surface area (Å²) in [5, 5.41) is 14.1. The first-order valence-electron chi connectivity index (χ1n) is 8.99. The fraction of sp³-hybridized carbons (Fsp3) is 0.235. The quantitative estimate of drug-likeness (QED) is 0.158. The van der Waals surface area contributed by atoms with Gasteiger partial charge in [0, 0.05) is 11.8 Å². The molecule has 0 saturated carbocycles. The minimum atomic E-state index is -4.45. The van der Waals surface area contributed by atoms with E-state index in [0.29, 0.717) is 0 Å². The van der Waals surface area contributed by atoms with Crippen LogP contribution in [0.15, 0.2) is 45.2 Å². The van der Waals surface area contributed by atoms with E-state index in [2.05, 4.69) is 9.88 Å². The number of aromatic nitrogens is 1. The molecule has 0 aliphatic heterocycles. The van der Waals surface area contributed by atoms with Gasteiger partial charge in [-0.05, 0) is 43.3 Å². The normalized spacial score (nSPS) is 12.9. The number of nitrogens with two attached hydrogens (primary N) is 3. The summed E-state index contributed by atoms with van der Waals surface area (Å²) >= 11 is 5.71. The number of rotatable bonds is 9. The van der Waals surface area contributed by atoms with Crippen LogP contribution in [-0.2, 0) is 19.7 Å². The van der Waals surface area contributed by atoms with Crippen molar-refractivity contribution in [3.8, 4) is 0 Å². The number of sulfonamides is 1. The Labute approximate surface area is 192 Å². The molecule has 14 nitrogen and oxygen atoms in total. The topological polar surface area (TPSA) is 228 Å². The molecule has 33 heavy (non-hydrogen) atoms. The second kappa shape index (κ2) is 9.74. The third-order valence-corrected chi connectivity index (χ3v) is 6.01. The first-order chi connectivity index (χ1) is 15.3. The number of carbonyl (C=O) groups is 1. The average Bonchev–Trinajstić information content (AvgIpc) is 2.71. The Morgan fingerprint density at radius 1 is 1.27 bits per heavy atom. The molecule has 178 valence electrons. The number of nitrogens with one attached hydrogen (secondary N) is 1. The highest BCUT2D eigenvalue weighted by Crippen LogP contribution is 2.28. The number of hydrogen-bond donors (Lipinski definition) is 4. The molecule has 7 N–H and O–H groups in total. The van der Waals surface area contributed by atoms with Crippen LogP contribution in [-0.4, -0.2) is 35.9 Å². The first-order valence-corrected chi connectivity index (χ1v) is 10.9. The molecule has 2 rings (SSSR count). The predicted octanol–water partition coefficient (Wildman–Crippen LogP) is 0.139. The molecule has 16 heteroatoms. The zero-order chi connectivity index (χ0) is 25.1. The Morgan fingerprint density at radius 3 is 2.45 bits per heavy atom. The maximum absolute atomic E-state index is 13.1. The largest absolute Gasteiger partial charge is 0.387 e. The third kappa shape index (κ3) is 5.69. The number of nitrogens with zero attached hydrogens (tertiary/aromatic N) is 3. The van der Waals surface area contributed by atoms with E-state index in [1.165, 1.54) is 19.9 Å². The second-order valence-electron chi connectivity index (χ2n) is 6.71. The van der Waals surface area contributed by atoms with Gasteiger partial charge in [-0.3, -0.25) is 29.0 Å². The minimum absolute atomic E-state index is 0.244. The minimum Gasteiger partial charge on any atom is -0.387 e. The molecule has 1 heterocycles. The number of oxime groups is 1. The Hall–Kier alpha value is -3.85. The van der Waals surface area contributed by atoms with Crippen LogP contribution in [0.3, 0.4) is 0 Å². The lowest BCUT2D eigenvalue weighted by molar-refractivity contribution is -0.384. The van der Waals surface area contributed by atoms with Crippen LogP contribution in [0.5, 0.6) is 0 Å². The van der Waals surface area contributed by atoms with Crippen LogP contribution in [0.25, 0.3) is 0 Å². The number of hydrogen-bond acceptors (Lipinski definition) is 8. The van der Waals surface area contributed by atoms with E-state index in [-0.39, 0.29) is 10.7 Å². The summed E-state index contributed by atoms with van der Waals surface area (Å²) in [5.41, 5.74) is 14.0. The molecular weight excluding hydrogens is 482 g/mol. The summed E-state index contributed by atoms with van der Waals surface area (Å²) < 4.78 is 28.5. The lowest BCUT2D eigenvalue weighted by Crippen LogP contribution is -2.42. The van der Waals surface area contributed by atoms with Gasteiger partial charge >= 0.3 is 0 Å². The Morgan fingerprint density at radius 2 is 1.91 bits per heavy atom. The van der Waals surface area contributed by atoms with Crippen molar-refractivity contribution in [3.63, 3.8) is 0 Å². The van der Waals surface area contributed by atoms with Crippen molar-refractivity contribution in [3.05, 3.63) is 61.5 Å². The number of nitro benzene ring substituents is 1. The van der Waals surface area contributed by atoms with Crippen molar-refractivity contribution in [1.82, 2.24) is 4.57 Å². The molecule has 1 amide bonds. The lowest BCUT2D eigenvalue weighted by atomic mass is 10.1. The summed E-state index contributed by atoms with van der Waals surface area (Å²) in [5.74, 6) is -1.42. The number of guanidine groups is 1. The maximum atomic E-state index is 13.1. The monoisotopic (exact) mass is 501 g/mol. The molecular formula is C17H20ClN7O7S. The number of nitro groups is 1. The van der Waals surface area contributed by atoms with Crippen LogP contribution in [0.1, 0.15) is 18.7 Å². The van der Waals surface area contributed by atoms with E-state index < -0.39 is 60.8 Å². The molecule has 1 aromatic carbocycles. The molecule has 0 aliphatic carbocycles. The van der Waals surface area contributed by atoms with Crippen LogP contribution in [0.4, 0.5) is 11.4 Å². The zero-order valence-corrected chi connectivity index (χ0v) is 18.8. The highest BCUT2D eigenvalue weighted by atomic mass is 35.5. The molecule has 0 saturated heterocycles. The van der Waals surface area contributed by atoms with Gasteiger partial charge in [-0.15, -0.1) is 0 Å². The van der Waals surface area contributed by atoms with Gasteiger partial charge in [-0.25, -0.2) is 8.42 Å². The van der Waals surface area contributed by atoms with E-state index in [1.807, 2.05) is 0 Å². The number of halogens is 1. The van der Waals surface area contributed by atoms with E-state index in [0.717, 1.165) is 28.8 Å². The van der Waals surface area contributed by atoms with Gasteiger partial charge in [0.15, 0.2) is 12.1 Å². The Kier molecular flexibility index (Phi) is 7.50. The molecule has 2 unspecified atom stereocenters. The highest BCUT2D eigenvalue weighted by Gasteiger charge is 2.30. The van der Waals surface area contributed by atoms with Gasteiger partial charge in [0.2, 0.25) is 11.9 Å². The van der Waals surface area contributed by atoms with Gasteiger partial charge in [0.1, 0.15) is 10.7 Å². The number of primary amides is 1. The van der Waals surface area contributed by atoms with Crippen molar-refractivity contribution in [2.45, 2.75) is 30.9 Å². The van der Waals surface area contributed by atoms with Crippen molar-refractivity contribution < 1.29 is 23.0 Å². The molecule has 0 aliphatic rings. The summed E-state index contributed by atoms with van der Waals surface area (Å²) in [6.45, 7) is 2.85. The summed E-state index contributed by atoms with van der Waals surface area (Å²) in [6, 6.07) is 3.91. The Bertz CT molecular complexity index is 1290. The van der Waals surface area contributed by atoms with Gasteiger partial charge < -0.3 is 22.0 Å². The van der Waals surface area contributed by atoms with Crippen LogP contribution < -0.4 is 27.5 Å². The number of carbonyl (C=O) groups excluding carboxylic acids is 1. The summed E-state index contributed by atoms with van der Waals surface area (Å²) in [6.07, 6.45) is -1.12. The highest BCUT2D eigenvalue weighted by molar-refractivity contribution is 7.92. The smallest absolute Gasteiger partial charge is 0.289 e. The number of benzene rings is 1.